The van der Waals surface area contributed by atoms with E-state index >= 15 is 0 Å². The predicted molar refractivity (Wildman–Crippen MR) is 94.4 cm³/mol. The van der Waals surface area contributed by atoms with Crippen molar-refractivity contribution >= 4 is 27.6 Å². The highest BCUT2D eigenvalue weighted by Crippen LogP contribution is 2.11. The van der Waals surface area contributed by atoms with E-state index in [2.05, 4.69) is 10.6 Å². The van der Waals surface area contributed by atoms with Gasteiger partial charge >= 0.3 is 5.97 Å². The summed E-state index contributed by atoms with van der Waals surface area (Å²) in [5.41, 5.74) is 2.45. The van der Waals surface area contributed by atoms with Gasteiger partial charge in [-0.15, -0.1) is 0 Å². The van der Waals surface area contributed by atoms with Gasteiger partial charge in [-0.1, -0.05) is 6.07 Å². The molecule has 1 fully saturated rings. The van der Waals surface area contributed by atoms with Gasteiger partial charge in [0.05, 0.1) is 11.5 Å². The summed E-state index contributed by atoms with van der Waals surface area (Å²) in [6.45, 7) is 2.93. The van der Waals surface area contributed by atoms with E-state index < -0.39 is 40.3 Å². The van der Waals surface area contributed by atoms with Crippen molar-refractivity contribution in [3.63, 3.8) is 0 Å². The summed E-state index contributed by atoms with van der Waals surface area (Å²) >= 11 is 0. The van der Waals surface area contributed by atoms with Gasteiger partial charge in [0.2, 0.25) is 0 Å². The van der Waals surface area contributed by atoms with Crippen LogP contribution in [0, 0.1) is 13.8 Å². The van der Waals surface area contributed by atoms with Crippen molar-refractivity contribution in [3.05, 3.63) is 34.9 Å². The molecule has 2 amide bonds. The maximum atomic E-state index is 12.0. The van der Waals surface area contributed by atoms with E-state index in [1.807, 2.05) is 19.9 Å². The summed E-state index contributed by atoms with van der Waals surface area (Å²) < 4.78 is 27.4. The number of amides is 2. The molecular formula is C17H22N2O6S. The van der Waals surface area contributed by atoms with Gasteiger partial charge in [-0.3, -0.25) is 14.4 Å². The summed E-state index contributed by atoms with van der Waals surface area (Å²) in [6, 6.07) is 4.75. The minimum absolute atomic E-state index is 0.0439. The molecule has 0 aromatic heterocycles. The van der Waals surface area contributed by atoms with Crippen LogP contribution < -0.4 is 10.6 Å². The molecule has 1 aliphatic rings. The average molecular weight is 382 g/mol. The Bertz CT molecular complexity index is 819. The molecular weight excluding hydrogens is 360 g/mol. The van der Waals surface area contributed by atoms with Crippen molar-refractivity contribution in [2.75, 3.05) is 24.7 Å². The molecule has 0 saturated carbocycles. The Balaban J connectivity index is 1.70. The van der Waals surface area contributed by atoms with Gasteiger partial charge in [0, 0.05) is 11.6 Å². The number of nitrogens with one attached hydrogen (secondary N) is 2. The molecule has 2 N–H and O–H groups in total. The van der Waals surface area contributed by atoms with Crippen LogP contribution in [0.3, 0.4) is 0 Å². The number of benzene rings is 1. The third-order valence-electron chi connectivity index (χ3n) is 4.12. The van der Waals surface area contributed by atoms with E-state index in [0.29, 0.717) is 12.0 Å². The van der Waals surface area contributed by atoms with Crippen LogP contribution in [0.1, 0.15) is 27.9 Å². The molecule has 0 radical (unpaired) electrons. The predicted octanol–water partition coefficient (Wildman–Crippen LogP) is -0.120. The van der Waals surface area contributed by atoms with Crippen LogP contribution in [0.2, 0.25) is 0 Å². The molecule has 1 atom stereocenters. The molecule has 0 bridgehead atoms. The molecule has 0 unspecified atom stereocenters. The number of carbonyl (C=O) groups excluding carboxylic acids is 3. The van der Waals surface area contributed by atoms with Crippen molar-refractivity contribution in [2.45, 2.75) is 26.3 Å². The largest absolute Gasteiger partial charge is 0.454 e. The lowest BCUT2D eigenvalue weighted by atomic mass is 10.1. The Morgan fingerprint density at radius 3 is 2.54 bits per heavy atom. The zero-order valence-corrected chi connectivity index (χ0v) is 15.5. The molecule has 1 aromatic rings. The third-order valence-corrected chi connectivity index (χ3v) is 5.89. The summed E-state index contributed by atoms with van der Waals surface area (Å²) in [6.07, 6.45) is 0.355. The van der Waals surface area contributed by atoms with Crippen LogP contribution in [-0.2, 0) is 24.2 Å². The molecule has 1 aliphatic heterocycles. The number of esters is 1. The van der Waals surface area contributed by atoms with Gasteiger partial charge in [-0.05, 0) is 43.5 Å². The Morgan fingerprint density at radius 1 is 1.19 bits per heavy atom. The topological polar surface area (TPSA) is 119 Å². The standard InChI is InChI=1S/C17H22N2O6S/c1-11-3-4-13(7-12(11)2)17(22)18-8-16(21)25-9-15(20)19-14-5-6-26(23,24)10-14/h3-4,7,14H,5-6,8-10H2,1-2H3,(H,18,22)(H,19,20)/t14-/m1/s1. The second kappa shape index (κ2) is 8.31. The second-order valence-electron chi connectivity index (χ2n) is 6.31. The quantitative estimate of drug-likeness (QED) is 0.662. The number of aryl methyl sites for hydroxylation is 2. The maximum absolute atomic E-state index is 12.0. The first-order valence-electron chi connectivity index (χ1n) is 8.17. The summed E-state index contributed by atoms with van der Waals surface area (Å²) in [5, 5.41) is 4.94. The second-order valence-corrected chi connectivity index (χ2v) is 8.54. The van der Waals surface area contributed by atoms with Gasteiger partial charge in [0.25, 0.3) is 11.8 Å². The Morgan fingerprint density at radius 2 is 1.92 bits per heavy atom. The highest BCUT2D eigenvalue weighted by atomic mass is 32.2. The molecule has 26 heavy (non-hydrogen) atoms. The van der Waals surface area contributed by atoms with Crippen molar-refractivity contribution in [1.82, 2.24) is 10.6 Å². The minimum Gasteiger partial charge on any atom is -0.454 e. The minimum atomic E-state index is -3.09. The van der Waals surface area contributed by atoms with Gasteiger partial charge in [0.1, 0.15) is 6.54 Å². The fourth-order valence-corrected chi connectivity index (χ4v) is 4.19. The van der Waals surface area contributed by atoms with Crippen LogP contribution in [0.25, 0.3) is 0 Å². The molecule has 8 nitrogen and oxygen atoms in total. The van der Waals surface area contributed by atoms with E-state index in [4.69, 9.17) is 4.74 Å². The maximum Gasteiger partial charge on any atom is 0.325 e. The molecule has 1 aromatic carbocycles. The number of hydrogen-bond acceptors (Lipinski definition) is 6. The molecule has 142 valence electrons. The lowest BCUT2D eigenvalue weighted by Gasteiger charge is -2.11. The number of rotatable bonds is 6. The highest BCUT2D eigenvalue weighted by molar-refractivity contribution is 7.91. The average Bonchev–Trinajstić information content (AvgIpc) is 2.91. The van der Waals surface area contributed by atoms with Crippen molar-refractivity contribution in [1.29, 1.82) is 0 Å². The van der Waals surface area contributed by atoms with Gasteiger partial charge in [0.15, 0.2) is 16.4 Å². The molecule has 0 aliphatic carbocycles. The Labute approximate surface area is 152 Å². The van der Waals surface area contributed by atoms with Crippen molar-refractivity contribution in [3.8, 4) is 0 Å². The van der Waals surface area contributed by atoms with E-state index in [1.165, 1.54) is 0 Å². The van der Waals surface area contributed by atoms with Gasteiger partial charge in [-0.25, -0.2) is 8.42 Å². The van der Waals surface area contributed by atoms with Crippen LogP contribution in [0.4, 0.5) is 0 Å². The first-order valence-corrected chi connectivity index (χ1v) is 9.99. The molecule has 1 heterocycles. The van der Waals surface area contributed by atoms with E-state index in [9.17, 15) is 22.8 Å². The van der Waals surface area contributed by atoms with Crippen molar-refractivity contribution in [2.24, 2.45) is 0 Å². The zero-order chi connectivity index (χ0) is 19.3. The van der Waals surface area contributed by atoms with Gasteiger partial charge < -0.3 is 15.4 Å². The number of ether oxygens (including phenoxy) is 1. The van der Waals surface area contributed by atoms with Crippen molar-refractivity contribution < 1.29 is 27.5 Å². The first kappa shape index (κ1) is 19.9. The molecule has 2 rings (SSSR count). The monoisotopic (exact) mass is 382 g/mol. The fourth-order valence-electron chi connectivity index (χ4n) is 2.51. The van der Waals surface area contributed by atoms with Crippen LogP contribution in [0.15, 0.2) is 18.2 Å². The molecule has 1 saturated heterocycles. The van der Waals surface area contributed by atoms with E-state index in [1.54, 1.807) is 12.1 Å². The lowest BCUT2D eigenvalue weighted by molar-refractivity contribution is -0.147. The Hall–Kier alpha value is -2.42. The van der Waals surface area contributed by atoms with Crippen LogP contribution in [0.5, 0.6) is 0 Å². The number of carbonyl (C=O) groups is 3. The van der Waals surface area contributed by atoms with Gasteiger partial charge in [-0.2, -0.15) is 0 Å². The normalized spacial score (nSPS) is 18.2. The smallest absolute Gasteiger partial charge is 0.325 e. The molecule has 9 heteroatoms. The third kappa shape index (κ3) is 5.83. The van der Waals surface area contributed by atoms with Crippen LogP contribution in [-0.4, -0.2) is 56.9 Å². The van der Waals surface area contributed by atoms with E-state index in [0.717, 1.165) is 11.1 Å². The number of sulfone groups is 1. The SMILES string of the molecule is Cc1ccc(C(=O)NCC(=O)OCC(=O)N[C@@H]2CCS(=O)(=O)C2)cc1C. The highest BCUT2D eigenvalue weighted by Gasteiger charge is 2.29. The summed E-state index contributed by atoms with van der Waals surface area (Å²) in [5.74, 6) is -1.79. The van der Waals surface area contributed by atoms with Crippen LogP contribution >= 0.6 is 0 Å². The first-order chi connectivity index (χ1) is 12.2. The summed E-state index contributed by atoms with van der Waals surface area (Å²) in [4.78, 5) is 35.3. The number of hydrogen-bond donors (Lipinski definition) is 2. The zero-order valence-electron chi connectivity index (χ0n) is 14.7. The fraction of sp³-hybridized carbons (Fsp3) is 0.471. The summed E-state index contributed by atoms with van der Waals surface area (Å²) in [7, 11) is -3.09. The lowest BCUT2D eigenvalue weighted by Crippen LogP contribution is -2.39. The molecule has 0 spiro atoms. The van der Waals surface area contributed by atoms with E-state index in [-0.39, 0.29) is 18.1 Å². The Kier molecular flexibility index (Phi) is 6.36.